The van der Waals surface area contributed by atoms with Gasteiger partial charge in [0.05, 0.1) is 13.5 Å². The van der Waals surface area contributed by atoms with Crippen LogP contribution in [0.25, 0.3) is 0 Å². The molecule has 30 heavy (non-hydrogen) atoms. The van der Waals surface area contributed by atoms with Crippen molar-refractivity contribution in [3.05, 3.63) is 65.5 Å². The summed E-state index contributed by atoms with van der Waals surface area (Å²) in [5, 5.41) is 2.93. The number of rotatable bonds is 11. The van der Waals surface area contributed by atoms with E-state index >= 15 is 0 Å². The van der Waals surface area contributed by atoms with E-state index in [1.807, 2.05) is 31.2 Å². The molecule has 162 valence electrons. The number of carbonyl (C=O) groups excluding carboxylic acids is 2. The fourth-order valence-electron chi connectivity index (χ4n) is 3.23. The Balaban J connectivity index is 2.21. The van der Waals surface area contributed by atoms with Crippen molar-refractivity contribution in [2.24, 2.45) is 0 Å². The number of unbranched alkanes of at least 4 members (excludes halogenated alkanes) is 1. The largest absolute Gasteiger partial charge is 0.497 e. The maximum Gasteiger partial charge on any atom is 0.242 e. The van der Waals surface area contributed by atoms with Gasteiger partial charge in [-0.1, -0.05) is 44.5 Å². The van der Waals surface area contributed by atoms with Crippen molar-refractivity contribution in [2.75, 3.05) is 13.7 Å². The highest BCUT2D eigenvalue weighted by Gasteiger charge is 2.28. The first kappa shape index (κ1) is 23.4. The van der Waals surface area contributed by atoms with Crippen molar-refractivity contribution in [3.8, 4) is 5.75 Å². The minimum Gasteiger partial charge on any atom is -0.497 e. The Morgan fingerprint density at radius 1 is 1.03 bits per heavy atom. The van der Waals surface area contributed by atoms with E-state index in [9.17, 15) is 14.0 Å². The molecule has 5 nitrogen and oxygen atoms in total. The molecular weight excluding hydrogens is 383 g/mol. The molecule has 0 heterocycles. The molecule has 1 atom stereocenters. The SMILES string of the molecule is CCCCNC(=O)[C@H](CC)N(Cc1ccc(F)cc1)C(=O)Cc1ccc(OC)cc1. The standard InChI is InChI=1S/C24H31FN2O3/c1-4-6-15-26-24(29)22(5-2)27(17-19-7-11-20(25)12-8-19)23(28)16-18-9-13-21(30-3)14-10-18/h7-14,22H,4-6,15-17H2,1-3H3,(H,26,29)/t22-/m0/s1. The summed E-state index contributed by atoms with van der Waals surface area (Å²) in [6.07, 6.45) is 2.53. The summed E-state index contributed by atoms with van der Waals surface area (Å²) in [5.74, 6) is 0.0773. The molecule has 2 aromatic carbocycles. The maximum atomic E-state index is 13.3. The van der Waals surface area contributed by atoms with E-state index in [4.69, 9.17) is 4.74 Å². The van der Waals surface area contributed by atoms with Crippen LogP contribution in [0.2, 0.25) is 0 Å². The summed E-state index contributed by atoms with van der Waals surface area (Å²) in [4.78, 5) is 27.6. The number of hydrogen-bond donors (Lipinski definition) is 1. The molecule has 2 rings (SSSR count). The smallest absolute Gasteiger partial charge is 0.242 e. The lowest BCUT2D eigenvalue weighted by atomic mass is 10.1. The lowest BCUT2D eigenvalue weighted by Gasteiger charge is -2.31. The molecule has 0 bridgehead atoms. The highest BCUT2D eigenvalue weighted by molar-refractivity contribution is 5.88. The molecule has 0 aliphatic carbocycles. The van der Waals surface area contributed by atoms with Gasteiger partial charge >= 0.3 is 0 Å². The predicted octanol–water partition coefficient (Wildman–Crippen LogP) is 4.10. The first-order valence-corrected chi connectivity index (χ1v) is 10.4. The number of carbonyl (C=O) groups is 2. The molecule has 2 amide bonds. The number of halogens is 1. The molecule has 0 spiro atoms. The molecule has 0 aromatic heterocycles. The van der Waals surface area contributed by atoms with E-state index in [1.54, 1.807) is 24.1 Å². The summed E-state index contributed by atoms with van der Waals surface area (Å²) in [7, 11) is 1.59. The zero-order valence-corrected chi connectivity index (χ0v) is 18.0. The van der Waals surface area contributed by atoms with Gasteiger partial charge in [-0.15, -0.1) is 0 Å². The zero-order valence-electron chi connectivity index (χ0n) is 18.0. The van der Waals surface area contributed by atoms with Gasteiger partial charge < -0.3 is 15.0 Å². The third kappa shape index (κ3) is 6.87. The topological polar surface area (TPSA) is 58.6 Å². The van der Waals surface area contributed by atoms with Gasteiger partial charge in [0.25, 0.3) is 0 Å². The van der Waals surface area contributed by atoms with Crippen LogP contribution >= 0.6 is 0 Å². The molecule has 0 unspecified atom stereocenters. The van der Waals surface area contributed by atoms with Gasteiger partial charge in [-0.05, 0) is 48.2 Å². The van der Waals surface area contributed by atoms with E-state index in [-0.39, 0.29) is 30.6 Å². The first-order valence-electron chi connectivity index (χ1n) is 10.4. The number of nitrogens with one attached hydrogen (secondary N) is 1. The normalized spacial score (nSPS) is 11.6. The average Bonchev–Trinajstić information content (AvgIpc) is 2.75. The van der Waals surface area contributed by atoms with E-state index in [2.05, 4.69) is 12.2 Å². The van der Waals surface area contributed by atoms with Gasteiger partial charge in [0.1, 0.15) is 17.6 Å². The minimum atomic E-state index is -0.586. The predicted molar refractivity (Wildman–Crippen MR) is 116 cm³/mol. The summed E-state index contributed by atoms with van der Waals surface area (Å²) in [6.45, 7) is 4.78. The fourth-order valence-corrected chi connectivity index (χ4v) is 3.23. The molecule has 0 fully saturated rings. The Kier molecular flexibility index (Phi) is 9.32. The van der Waals surface area contributed by atoms with Crippen molar-refractivity contribution < 1.29 is 18.7 Å². The lowest BCUT2D eigenvalue weighted by Crippen LogP contribution is -2.49. The molecule has 0 saturated carbocycles. The highest BCUT2D eigenvalue weighted by Crippen LogP contribution is 2.17. The van der Waals surface area contributed by atoms with Crippen LogP contribution in [0.15, 0.2) is 48.5 Å². The fraction of sp³-hybridized carbons (Fsp3) is 0.417. The van der Waals surface area contributed by atoms with E-state index < -0.39 is 6.04 Å². The monoisotopic (exact) mass is 414 g/mol. The van der Waals surface area contributed by atoms with Crippen molar-refractivity contribution in [3.63, 3.8) is 0 Å². The third-order valence-corrected chi connectivity index (χ3v) is 5.00. The van der Waals surface area contributed by atoms with Gasteiger partial charge in [0.15, 0.2) is 0 Å². The molecule has 0 aliphatic rings. The second-order valence-electron chi connectivity index (χ2n) is 7.24. The molecule has 2 aromatic rings. The second kappa shape index (κ2) is 12.0. The number of ether oxygens (including phenoxy) is 1. The molecule has 0 aliphatic heterocycles. The van der Waals surface area contributed by atoms with Crippen molar-refractivity contribution in [1.29, 1.82) is 0 Å². The van der Waals surface area contributed by atoms with E-state index in [0.717, 1.165) is 29.7 Å². The van der Waals surface area contributed by atoms with Crippen molar-refractivity contribution in [2.45, 2.75) is 52.1 Å². The van der Waals surface area contributed by atoms with Crippen LogP contribution in [0.1, 0.15) is 44.2 Å². The number of benzene rings is 2. The van der Waals surface area contributed by atoms with Crippen LogP contribution in [0.4, 0.5) is 4.39 Å². The second-order valence-corrected chi connectivity index (χ2v) is 7.24. The number of nitrogens with zero attached hydrogens (tertiary/aromatic N) is 1. The van der Waals surface area contributed by atoms with Crippen molar-refractivity contribution >= 4 is 11.8 Å². The lowest BCUT2D eigenvalue weighted by molar-refractivity contribution is -0.140. The van der Waals surface area contributed by atoms with Crippen LogP contribution in [-0.4, -0.2) is 36.4 Å². The quantitative estimate of drug-likeness (QED) is 0.563. The molecular formula is C24H31FN2O3. The van der Waals surface area contributed by atoms with Crippen LogP contribution in [-0.2, 0) is 22.6 Å². The maximum absolute atomic E-state index is 13.3. The summed E-state index contributed by atoms with van der Waals surface area (Å²) in [5.41, 5.74) is 1.62. The number of hydrogen-bond acceptors (Lipinski definition) is 3. The van der Waals surface area contributed by atoms with Gasteiger partial charge in [0.2, 0.25) is 11.8 Å². The molecule has 0 saturated heterocycles. The van der Waals surface area contributed by atoms with Gasteiger partial charge in [-0.3, -0.25) is 9.59 Å². The number of amides is 2. The first-order chi connectivity index (χ1) is 14.5. The number of methoxy groups -OCH3 is 1. The molecule has 1 N–H and O–H groups in total. The Bertz CT molecular complexity index is 806. The third-order valence-electron chi connectivity index (χ3n) is 5.00. The Morgan fingerprint density at radius 2 is 1.67 bits per heavy atom. The van der Waals surface area contributed by atoms with Crippen LogP contribution in [0, 0.1) is 5.82 Å². The van der Waals surface area contributed by atoms with Crippen molar-refractivity contribution in [1.82, 2.24) is 10.2 Å². The Morgan fingerprint density at radius 3 is 2.23 bits per heavy atom. The van der Waals surface area contributed by atoms with E-state index in [1.165, 1.54) is 12.1 Å². The Hall–Kier alpha value is -2.89. The molecule has 6 heteroatoms. The van der Waals surface area contributed by atoms with Crippen LogP contribution in [0.5, 0.6) is 5.75 Å². The van der Waals surface area contributed by atoms with E-state index in [0.29, 0.717) is 13.0 Å². The van der Waals surface area contributed by atoms with Crippen LogP contribution < -0.4 is 10.1 Å². The zero-order chi connectivity index (χ0) is 21.9. The Labute approximate surface area is 178 Å². The molecule has 0 radical (unpaired) electrons. The summed E-state index contributed by atoms with van der Waals surface area (Å²) >= 11 is 0. The minimum absolute atomic E-state index is 0.151. The summed E-state index contributed by atoms with van der Waals surface area (Å²) in [6, 6.07) is 12.7. The van der Waals surface area contributed by atoms with Gasteiger partial charge in [-0.25, -0.2) is 4.39 Å². The van der Waals surface area contributed by atoms with Crippen LogP contribution in [0.3, 0.4) is 0 Å². The van der Waals surface area contributed by atoms with Gasteiger partial charge in [-0.2, -0.15) is 0 Å². The average molecular weight is 415 g/mol. The summed E-state index contributed by atoms with van der Waals surface area (Å²) < 4.78 is 18.5. The highest BCUT2D eigenvalue weighted by atomic mass is 19.1. The van der Waals surface area contributed by atoms with Gasteiger partial charge in [0, 0.05) is 13.1 Å².